The number of hydrogen-bond donors (Lipinski definition) is 1. The van der Waals surface area contributed by atoms with E-state index in [-0.39, 0.29) is 11.9 Å². The van der Waals surface area contributed by atoms with Gasteiger partial charge in [0, 0.05) is 16.5 Å². The van der Waals surface area contributed by atoms with Crippen molar-refractivity contribution in [1.29, 1.82) is 0 Å². The van der Waals surface area contributed by atoms with E-state index in [9.17, 15) is 9.50 Å². The number of aliphatic hydroxyl groups is 1. The van der Waals surface area contributed by atoms with Gasteiger partial charge in [-0.3, -0.25) is 0 Å². The Morgan fingerprint density at radius 1 is 1.15 bits per heavy atom. The Bertz CT molecular complexity index is 660. The van der Waals surface area contributed by atoms with E-state index in [1.807, 2.05) is 18.2 Å². The minimum Gasteiger partial charge on any atom is -0.485 e. The van der Waals surface area contributed by atoms with E-state index < -0.39 is 6.10 Å². The predicted octanol–water partition coefficient (Wildman–Crippen LogP) is 4.91. The fourth-order valence-electron chi connectivity index (χ4n) is 2.33. The molecule has 5 heteroatoms. The highest BCUT2D eigenvalue weighted by molar-refractivity contribution is 9.10. The highest BCUT2D eigenvalue weighted by Crippen LogP contribution is 2.42. The van der Waals surface area contributed by atoms with Gasteiger partial charge in [0.15, 0.2) is 0 Å². The molecule has 20 heavy (non-hydrogen) atoms. The molecule has 1 N–H and O–H groups in total. The molecule has 0 amide bonds. The zero-order valence-corrected chi connectivity index (χ0v) is 13.5. The van der Waals surface area contributed by atoms with Gasteiger partial charge in [0.2, 0.25) is 0 Å². The Morgan fingerprint density at radius 3 is 2.70 bits per heavy atom. The lowest BCUT2D eigenvalue weighted by Gasteiger charge is -2.30. The average molecular weight is 402 g/mol. The maximum absolute atomic E-state index is 13.3. The molecule has 2 nitrogen and oxygen atoms in total. The van der Waals surface area contributed by atoms with Crippen molar-refractivity contribution in [2.75, 3.05) is 0 Å². The number of hydrogen-bond acceptors (Lipinski definition) is 2. The van der Waals surface area contributed by atoms with Crippen LogP contribution in [0.1, 0.15) is 29.8 Å². The minimum atomic E-state index is -0.593. The molecule has 0 saturated heterocycles. The molecule has 0 fully saturated rings. The fourth-order valence-corrected chi connectivity index (χ4v) is 3.11. The Kier molecular flexibility index (Phi) is 3.84. The van der Waals surface area contributed by atoms with Crippen LogP contribution in [0.4, 0.5) is 4.39 Å². The van der Waals surface area contributed by atoms with Gasteiger partial charge in [-0.05, 0) is 51.8 Å². The smallest absolute Gasteiger partial charge is 0.137 e. The van der Waals surface area contributed by atoms with Crippen molar-refractivity contribution < 1.29 is 14.2 Å². The van der Waals surface area contributed by atoms with Crippen LogP contribution in [0.3, 0.4) is 0 Å². The van der Waals surface area contributed by atoms with Crippen molar-refractivity contribution in [3.8, 4) is 5.75 Å². The number of rotatable bonds is 1. The summed E-state index contributed by atoms with van der Waals surface area (Å²) in [5.74, 6) is 0.354. The van der Waals surface area contributed by atoms with E-state index >= 15 is 0 Å². The van der Waals surface area contributed by atoms with Gasteiger partial charge in [0.1, 0.15) is 17.7 Å². The van der Waals surface area contributed by atoms with Crippen molar-refractivity contribution in [2.24, 2.45) is 0 Å². The van der Waals surface area contributed by atoms with Gasteiger partial charge in [0.25, 0.3) is 0 Å². The minimum absolute atomic E-state index is 0.282. The van der Waals surface area contributed by atoms with Gasteiger partial charge >= 0.3 is 0 Å². The van der Waals surface area contributed by atoms with E-state index in [1.165, 1.54) is 6.07 Å². The summed E-state index contributed by atoms with van der Waals surface area (Å²) in [6, 6.07) is 10.3. The molecular weight excluding hydrogens is 391 g/mol. The Labute approximate surface area is 132 Å². The van der Waals surface area contributed by atoms with Crippen LogP contribution in [0.2, 0.25) is 0 Å². The molecule has 1 aliphatic heterocycles. The Balaban J connectivity index is 1.94. The van der Waals surface area contributed by atoms with Crippen LogP contribution in [0, 0.1) is 5.82 Å². The molecule has 1 unspecified atom stereocenters. The number of halogens is 3. The van der Waals surface area contributed by atoms with Crippen molar-refractivity contribution >= 4 is 31.9 Å². The second kappa shape index (κ2) is 5.47. The van der Waals surface area contributed by atoms with E-state index in [4.69, 9.17) is 4.74 Å². The quantitative estimate of drug-likeness (QED) is 0.735. The summed E-state index contributed by atoms with van der Waals surface area (Å²) >= 11 is 6.55. The van der Waals surface area contributed by atoms with Crippen molar-refractivity contribution in [3.63, 3.8) is 0 Å². The van der Waals surface area contributed by atoms with Crippen LogP contribution in [0.15, 0.2) is 45.3 Å². The summed E-state index contributed by atoms with van der Waals surface area (Å²) < 4.78 is 20.5. The van der Waals surface area contributed by atoms with Crippen LogP contribution < -0.4 is 4.74 Å². The van der Waals surface area contributed by atoms with Gasteiger partial charge in [-0.25, -0.2) is 4.39 Å². The summed E-state index contributed by atoms with van der Waals surface area (Å²) in [6.07, 6.45) is -0.428. The van der Waals surface area contributed by atoms with Crippen LogP contribution in [0.25, 0.3) is 0 Å². The topological polar surface area (TPSA) is 29.5 Å². The normalized spacial score (nSPS) is 21.2. The fraction of sp³-hybridized carbons (Fsp3) is 0.200. The number of ether oxygens (including phenoxy) is 1. The Morgan fingerprint density at radius 2 is 1.95 bits per heavy atom. The molecule has 104 valence electrons. The van der Waals surface area contributed by atoms with Crippen LogP contribution in [-0.4, -0.2) is 5.11 Å². The maximum atomic E-state index is 13.3. The lowest BCUT2D eigenvalue weighted by molar-refractivity contribution is 0.0656. The second-order valence-corrected chi connectivity index (χ2v) is 6.48. The summed E-state index contributed by atoms with van der Waals surface area (Å²) in [4.78, 5) is 0. The molecule has 2 aromatic rings. The lowest BCUT2D eigenvalue weighted by Crippen LogP contribution is -2.19. The largest absolute Gasteiger partial charge is 0.485 e. The molecule has 0 bridgehead atoms. The zero-order chi connectivity index (χ0) is 14.3. The molecule has 2 aromatic carbocycles. The SMILES string of the molecule is O[C@@H]1CC(c2ccc(F)c(Br)c2)Oc2ccc(Br)cc21. The number of fused-ring (bicyclic) bond motifs is 1. The average Bonchev–Trinajstić information content (AvgIpc) is 2.42. The zero-order valence-electron chi connectivity index (χ0n) is 10.3. The first kappa shape index (κ1) is 14.0. The van der Waals surface area contributed by atoms with Crippen molar-refractivity contribution in [1.82, 2.24) is 0 Å². The van der Waals surface area contributed by atoms with E-state index in [0.717, 1.165) is 15.6 Å². The summed E-state index contributed by atoms with van der Waals surface area (Å²) in [7, 11) is 0. The van der Waals surface area contributed by atoms with Crippen molar-refractivity contribution in [2.45, 2.75) is 18.6 Å². The first-order valence-electron chi connectivity index (χ1n) is 6.13. The molecule has 0 spiro atoms. The third-order valence-corrected chi connectivity index (χ3v) is 4.45. The van der Waals surface area contributed by atoms with Gasteiger partial charge in [-0.15, -0.1) is 0 Å². The first-order valence-corrected chi connectivity index (χ1v) is 7.72. The summed E-state index contributed by atoms with van der Waals surface area (Å²) in [6.45, 7) is 0. The number of aliphatic hydroxyl groups excluding tert-OH is 1. The predicted molar refractivity (Wildman–Crippen MR) is 81.2 cm³/mol. The molecular formula is C15H11Br2FO2. The van der Waals surface area contributed by atoms with E-state index in [1.54, 1.807) is 12.1 Å². The molecule has 0 aliphatic carbocycles. The highest BCUT2D eigenvalue weighted by Gasteiger charge is 2.28. The third kappa shape index (κ3) is 2.62. The lowest BCUT2D eigenvalue weighted by atomic mass is 9.95. The van der Waals surface area contributed by atoms with E-state index in [0.29, 0.717) is 16.6 Å². The van der Waals surface area contributed by atoms with E-state index in [2.05, 4.69) is 31.9 Å². The van der Waals surface area contributed by atoms with Gasteiger partial charge in [-0.1, -0.05) is 22.0 Å². The van der Waals surface area contributed by atoms with Gasteiger partial charge in [0.05, 0.1) is 10.6 Å². The second-order valence-electron chi connectivity index (χ2n) is 4.71. The standard InChI is InChI=1S/C15H11Br2FO2/c16-9-2-4-14-10(6-9)13(19)7-15(20-14)8-1-3-12(18)11(17)5-8/h1-6,13,15,19H,7H2/t13-,15?/m1/s1. The summed E-state index contributed by atoms with van der Waals surface area (Å²) in [5, 5.41) is 10.3. The molecule has 0 aromatic heterocycles. The monoisotopic (exact) mass is 400 g/mol. The molecule has 2 atom stereocenters. The maximum Gasteiger partial charge on any atom is 0.137 e. The number of benzene rings is 2. The molecule has 1 aliphatic rings. The van der Waals surface area contributed by atoms with Gasteiger partial charge in [-0.2, -0.15) is 0 Å². The van der Waals surface area contributed by atoms with Crippen LogP contribution in [0.5, 0.6) is 5.75 Å². The third-order valence-electron chi connectivity index (χ3n) is 3.35. The molecule has 3 rings (SSSR count). The first-order chi connectivity index (χ1) is 9.54. The van der Waals surface area contributed by atoms with Crippen molar-refractivity contribution in [3.05, 3.63) is 62.3 Å². The van der Waals surface area contributed by atoms with Crippen LogP contribution in [-0.2, 0) is 0 Å². The van der Waals surface area contributed by atoms with Crippen LogP contribution >= 0.6 is 31.9 Å². The molecule has 1 heterocycles. The Hall–Kier alpha value is -0.910. The van der Waals surface area contributed by atoms with Gasteiger partial charge < -0.3 is 9.84 Å². The highest BCUT2D eigenvalue weighted by atomic mass is 79.9. The molecule has 0 saturated carbocycles. The summed E-state index contributed by atoms with van der Waals surface area (Å²) in [5.41, 5.74) is 1.61. The molecule has 0 radical (unpaired) electrons.